The van der Waals surface area contributed by atoms with Gasteiger partial charge in [0.25, 0.3) is 5.91 Å². The molecule has 3 aromatic heterocycles. The van der Waals surface area contributed by atoms with Gasteiger partial charge in [-0.1, -0.05) is 5.16 Å². The van der Waals surface area contributed by atoms with E-state index in [1.165, 1.54) is 16.7 Å². The Labute approximate surface area is 179 Å². The van der Waals surface area contributed by atoms with Crippen LogP contribution >= 0.6 is 0 Å². The van der Waals surface area contributed by atoms with Crippen LogP contribution in [0.15, 0.2) is 46.3 Å². The normalized spacial score (nSPS) is 15.0. The molecule has 0 atom stereocenters. The number of rotatable bonds is 8. The van der Waals surface area contributed by atoms with E-state index < -0.39 is 10.0 Å². The average molecular weight is 446 g/mol. The van der Waals surface area contributed by atoms with Crippen LogP contribution in [0.25, 0.3) is 0 Å². The lowest BCUT2D eigenvalue weighted by molar-refractivity contribution is 0.0795. The van der Waals surface area contributed by atoms with Crippen LogP contribution in [0.5, 0.6) is 0 Å². The van der Waals surface area contributed by atoms with Crippen LogP contribution < -0.4 is 0 Å². The molecule has 164 valence electrons. The maximum Gasteiger partial charge on any atom is 0.253 e. The van der Waals surface area contributed by atoms with Crippen molar-refractivity contribution in [2.45, 2.75) is 30.7 Å². The second-order valence-electron chi connectivity index (χ2n) is 7.31. The maximum atomic E-state index is 12.6. The van der Waals surface area contributed by atoms with Gasteiger partial charge < -0.3 is 9.42 Å². The summed E-state index contributed by atoms with van der Waals surface area (Å²) in [7, 11) is -1.86. The molecule has 1 amide bonds. The molecule has 31 heavy (non-hydrogen) atoms. The second-order valence-corrected chi connectivity index (χ2v) is 9.25. The number of nitrogens with zero attached hydrogens (tertiary/aromatic N) is 7. The summed E-state index contributed by atoms with van der Waals surface area (Å²) in [6.45, 7) is 3.48. The van der Waals surface area contributed by atoms with E-state index in [-0.39, 0.29) is 29.8 Å². The summed E-state index contributed by atoms with van der Waals surface area (Å²) in [5.41, 5.74) is 0.562. The van der Waals surface area contributed by atoms with Crippen molar-refractivity contribution >= 4 is 15.9 Å². The summed E-state index contributed by atoms with van der Waals surface area (Å²) in [5.74, 6) is 0.634. The molecule has 1 saturated heterocycles. The lowest BCUT2D eigenvalue weighted by atomic mass is 10.0. The zero-order valence-electron chi connectivity index (χ0n) is 17.2. The summed E-state index contributed by atoms with van der Waals surface area (Å²) in [4.78, 5) is 22.4. The van der Waals surface area contributed by atoms with Gasteiger partial charge in [-0.25, -0.2) is 8.42 Å². The molecule has 4 heterocycles. The first kappa shape index (κ1) is 21.1. The second kappa shape index (κ2) is 8.55. The van der Waals surface area contributed by atoms with Crippen LogP contribution in [0.1, 0.15) is 34.9 Å². The summed E-state index contributed by atoms with van der Waals surface area (Å²) < 4.78 is 33.6. The number of aryl methyl sites for hydroxylation is 1. The fourth-order valence-electron chi connectivity index (χ4n) is 3.21. The Morgan fingerprint density at radius 3 is 2.71 bits per heavy atom. The van der Waals surface area contributed by atoms with Crippen molar-refractivity contribution in [1.82, 2.24) is 34.1 Å². The molecular weight excluding hydrogens is 422 g/mol. The minimum absolute atomic E-state index is 0.114. The van der Waals surface area contributed by atoms with Gasteiger partial charge in [-0.15, -0.1) is 0 Å². The number of amides is 1. The molecule has 0 radical (unpaired) electrons. The van der Waals surface area contributed by atoms with Gasteiger partial charge in [-0.05, 0) is 19.1 Å². The third kappa shape index (κ3) is 4.35. The quantitative estimate of drug-likeness (QED) is 0.498. The van der Waals surface area contributed by atoms with Crippen LogP contribution in [-0.4, -0.2) is 75.1 Å². The highest BCUT2D eigenvalue weighted by Gasteiger charge is 2.40. The Bertz CT molecular complexity index is 1150. The predicted octanol–water partition coefficient (Wildman–Crippen LogP) is 0.784. The Morgan fingerprint density at radius 1 is 1.29 bits per heavy atom. The number of aromatic nitrogens is 5. The topological polar surface area (TPSA) is 127 Å². The molecule has 0 aliphatic carbocycles. The molecule has 1 aliphatic rings. The zero-order valence-corrected chi connectivity index (χ0v) is 18.1. The van der Waals surface area contributed by atoms with E-state index in [0.29, 0.717) is 36.8 Å². The Kier molecular flexibility index (Phi) is 5.83. The molecular formula is C19H23N7O4S. The molecule has 11 nitrogen and oxygen atoms in total. The van der Waals surface area contributed by atoms with Crippen molar-refractivity contribution in [3.63, 3.8) is 0 Å². The van der Waals surface area contributed by atoms with Gasteiger partial charge in [-0.2, -0.15) is 14.4 Å². The fourth-order valence-corrected chi connectivity index (χ4v) is 4.70. The van der Waals surface area contributed by atoms with E-state index >= 15 is 0 Å². The summed E-state index contributed by atoms with van der Waals surface area (Å²) >= 11 is 0. The zero-order chi connectivity index (χ0) is 22.0. The highest BCUT2D eigenvalue weighted by atomic mass is 32.2. The predicted molar refractivity (Wildman–Crippen MR) is 109 cm³/mol. The first-order valence-corrected chi connectivity index (χ1v) is 11.3. The number of carbonyl (C=O) groups excluding carboxylic acids is 1. The number of hydrogen-bond donors (Lipinski definition) is 0. The van der Waals surface area contributed by atoms with E-state index in [4.69, 9.17) is 4.52 Å². The summed E-state index contributed by atoms with van der Waals surface area (Å²) in [6, 6.07) is 3.32. The molecule has 0 N–H and O–H groups in total. The van der Waals surface area contributed by atoms with Crippen molar-refractivity contribution in [3.05, 3.63) is 54.2 Å². The Morgan fingerprint density at radius 2 is 2.03 bits per heavy atom. The van der Waals surface area contributed by atoms with Crippen molar-refractivity contribution in [1.29, 1.82) is 0 Å². The first-order chi connectivity index (χ1) is 14.9. The van der Waals surface area contributed by atoms with Crippen LogP contribution in [-0.2, 0) is 23.0 Å². The van der Waals surface area contributed by atoms with E-state index in [0.717, 1.165) is 0 Å². The number of hydrogen-bond acceptors (Lipinski definition) is 8. The lowest BCUT2D eigenvalue weighted by Gasteiger charge is -2.35. The highest BCUT2D eigenvalue weighted by Crippen LogP contribution is 2.31. The SMILES string of the molecule is CCn1cc(S(=O)(=O)N2CC(c3nc(CCN(C)C(=O)c4ccncc4)no3)C2)cn1. The smallest absolute Gasteiger partial charge is 0.253 e. The summed E-state index contributed by atoms with van der Waals surface area (Å²) in [5, 5.41) is 8.00. The number of likely N-dealkylation sites (N-methyl/N-ethyl adjacent to an activating group) is 1. The largest absolute Gasteiger partial charge is 0.341 e. The molecule has 12 heteroatoms. The third-order valence-corrected chi connectivity index (χ3v) is 6.98. The summed E-state index contributed by atoms with van der Waals surface area (Å²) in [6.07, 6.45) is 6.47. The molecule has 0 spiro atoms. The van der Waals surface area contributed by atoms with E-state index in [1.54, 1.807) is 41.2 Å². The molecule has 1 fully saturated rings. The van der Waals surface area contributed by atoms with Crippen molar-refractivity contribution in [2.75, 3.05) is 26.7 Å². The van der Waals surface area contributed by atoms with Gasteiger partial charge in [0.15, 0.2) is 5.82 Å². The van der Waals surface area contributed by atoms with Crippen molar-refractivity contribution in [3.8, 4) is 0 Å². The maximum absolute atomic E-state index is 12.6. The van der Waals surface area contributed by atoms with Crippen LogP contribution in [0, 0.1) is 0 Å². The van der Waals surface area contributed by atoms with Crippen molar-refractivity contribution in [2.24, 2.45) is 0 Å². The minimum Gasteiger partial charge on any atom is -0.341 e. The van der Waals surface area contributed by atoms with Crippen LogP contribution in [0.4, 0.5) is 0 Å². The number of sulfonamides is 1. The molecule has 0 aromatic carbocycles. The van der Waals surface area contributed by atoms with E-state index in [2.05, 4.69) is 20.2 Å². The van der Waals surface area contributed by atoms with Gasteiger partial charge in [0.05, 0.1) is 12.1 Å². The van der Waals surface area contributed by atoms with Crippen molar-refractivity contribution < 1.29 is 17.7 Å². The molecule has 4 rings (SSSR count). The minimum atomic E-state index is -3.57. The fraction of sp³-hybridized carbons (Fsp3) is 0.421. The molecule has 0 saturated carbocycles. The average Bonchev–Trinajstić information content (AvgIpc) is 3.41. The van der Waals surface area contributed by atoms with Crippen LogP contribution in [0.3, 0.4) is 0 Å². The Balaban J connectivity index is 1.30. The lowest BCUT2D eigenvalue weighted by Crippen LogP contribution is -2.48. The number of carbonyl (C=O) groups is 1. The monoisotopic (exact) mass is 445 g/mol. The standard InChI is InChI=1S/C19H23N7O4S/c1-3-25-13-16(10-21-25)31(28,29)26-11-15(12-26)18-22-17(23-30-18)6-9-24(2)19(27)14-4-7-20-8-5-14/h4-5,7-8,10,13,15H,3,6,9,11-12H2,1-2H3. The molecule has 1 aliphatic heterocycles. The van der Waals surface area contributed by atoms with E-state index in [1.807, 2.05) is 6.92 Å². The van der Waals surface area contributed by atoms with Gasteiger partial charge in [0, 0.05) is 63.8 Å². The van der Waals surface area contributed by atoms with Gasteiger partial charge in [0.2, 0.25) is 15.9 Å². The third-order valence-electron chi connectivity index (χ3n) is 5.20. The Hall–Kier alpha value is -3.12. The highest BCUT2D eigenvalue weighted by molar-refractivity contribution is 7.89. The van der Waals surface area contributed by atoms with Gasteiger partial charge in [-0.3, -0.25) is 14.5 Å². The van der Waals surface area contributed by atoms with Gasteiger partial charge in [0.1, 0.15) is 4.90 Å². The molecule has 0 bridgehead atoms. The van der Waals surface area contributed by atoms with Crippen LogP contribution in [0.2, 0.25) is 0 Å². The van der Waals surface area contributed by atoms with E-state index in [9.17, 15) is 13.2 Å². The van der Waals surface area contributed by atoms with Gasteiger partial charge >= 0.3 is 0 Å². The number of pyridine rings is 1. The molecule has 3 aromatic rings. The first-order valence-electron chi connectivity index (χ1n) is 9.89. The molecule has 0 unspecified atom stereocenters.